The van der Waals surface area contributed by atoms with Crippen LogP contribution in [0.25, 0.3) is 49.2 Å². The van der Waals surface area contributed by atoms with Crippen molar-refractivity contribution in [3.05, 3.63) is 101 Å². The van der Waals surface area contributed by atoms with E-state index in [1.807, 2.05) is 54.6 Å². The maximum Gasteiger partial charge on any atom is 0.344 e. The van der Waals surface area contributed by atoms with Crippen LogP contribution in [-0.2, 0) is 0 Å². The number of aromatic nitrogens is 1. The van der Waals surface area contributed by atoms with Crippen LogP contribution in [0.4, 0.5) is 0 Å². The number of hydrogen-bond donors (Lipinski definition) is 0. The zero-order valence-corrected chi connectivity index (χ0v) is 14.9. The molecule has 0 aliphatic rings. The molecule has 0 atom stereocenters. The Balaban J connectivity index is 1.88. The quantitative estimate of drug-likeness (QED) is 0.264. The molecule has 3 nitrogen and oxygen atoms in total. The lowest BCUT2D eigenvalue weighted by Crippen LogP contribution is -2.00. The Labute approximate surface area is 160 Å². The van der Waals surface area contributed by atoms with E-state index in [4.69, 9.17) is 4.42 Å². The maximum atomic E-state index is 12.7. The summed E-state index contributed by atoms with van der Waals surface area (Å²) in [5, 5.41) is 4.78. The topological polar surface area (TPSA) is 35.1 Å². The van der Waals surface area contributed by atoms with E-state index in [0.29, 0.717) is 11.0 Å². The van der Waals surface area contributed by atoms with E-state index in [9.17, 15) is 4.79 Å². The van der Waals surface area contributed by atoms with Crippen molar-refractivity contribution in [3.63, 3.8) is 0 Å². The maximum absolute atomic E-state index is 12.7. The summed E-state index contributed by atoms with van der Waals surface area (Å²) in [4.78, 5) is 12.7. The van der Waals surface area contributed by atoms with Gasteiger partial charge in [-0.1, -0.05) is 54.6 Å². The second kappa shape index (κ2) is 5.57. The molecule has 2 aromatic heterocycles. The van der Waals surface area contributed by atoms with Gasteiger partial charge < -0.3 is 8.98 Å². The van der Waals surface area contributed by atoms with Crippen LogP contribution in [-0.4, -0.2) is 4.57 Å². The highest BCUT2D eigenvalue weighted by Crippen LogP contribution is 2.35. The van der Waals surface area contributed by atoms with E-state index in [0.717, 1.165) is 32.9 Å². The molecule has 4 aromatic carbocycles. The van der Waals surface area contributed by atoms with Gasteiger partial charge >= 0.3 is 5.63 Å². The summed E-state index contributed by atoms with van der Waals surface area (Å²) < 4.78 is 7.79. The summed E-state index contributed by atoms with van der Waals surface area (Å²) in [6.07, 6.45) is 0. The average Bonchev–Trinajstić information content (AvgIpc) is 3.07. The molecule has 0 unspecified atom stereocenters. The summed E-state index contributed by atoms with van der Waals surface area (Å²) in [5.41, 5.74) is 3.50. The van der Waals surface area contributed by atoms with Gasteiger partial charge in [0.25, 0.3) is 0 Å². The van der Waals surface area contributed by atoms with Gasteiger partial charge in [0.2, 0.25) is 0 Å². The van der Waals surface area contributed by atoms with E-state index >= 15 is 0 Å². The predicted octanol–water partition coefficient (Wildman–Crippen LogP) is 6.04. The molecule has 28 heavy (non-hydrogen) atoms. The molecule has 3 heteroatoms. The van der Waals surface area contributed by atoms with Crippen molar-refractivity contribution in [1.29, 1.82) is 0 Å². The summed E-state index contributed by atoms with van der Waals surface area (Å²) >= 11 is 0. The number of benzene rings is 4. The third kappa shape index (κ3) is 2.01. The molecule has 6 rings (SSSR count). The van der Waals surface area contributed by atoms with Crippen LogP contribution in [0.1, 0.15) is 0 Å². The third-order valence-electron chi connectivity index (χ3n) is 5.43. The number of rotatable bonds is 1. The van der Waals surface area contributed by atoms with Crippen LogP contribution in [0, 0.1) is 0 Å². The molecule has 0 aliphatic carbocycles. The fourth-order valence-corrected chi connectivity index (χ4v) is 4.20. The Morgan fingerprint density at radius 1 is 0.571 bits per heavy atom. The van der Waals surface area contributed by atoms with E-state index in [-0.39, 0.29) is 5.63 Å². The molecule has 132 valence electrons. The monoisotopic (exact) mass is 361 g/mol. The standard InChI is InChI=1S/C25H15NO2/c27-25-21-15-23-20(14-19(21)18-11-5-7-13-24(18)28-25)17-10-4-6-12-22(17)26(23)16-8-2-1-3-9-16/h1-15H. The fraction of sp³-hybridized carbons (Fsp3) is 0. The van der Waals surface area contributed by atoms with Gasteiger partial charge in [-0.15, -0.1) is 0 Å². The minimum absolute atomic E-state index is 0.305. The summed E-state index contributed by atoms with van der Waals surface area (Å²) in [7, 11) is 0. The molecule has 0 radical (unpaired) electrons. The fourth-order valence-electron chi connectivity index (χ4n) is 4.20. The van der Waals surface area contributed by atoms with Crippen LogP contribution in [0.5, 0.6) is 0 Å². The highest BCUT2D eigenvalue weighted by molar-refractivity contribution is 6.17. The summed E-state index contributed by atoms with van der Waals surface area (Å²) in [6, 6.07) is 30.4. The number of para-hydroxylation sites is 3. The van der Waals surface area contributed by atoms with Crippen molar-refractivity contribution in [1.82, 2.24) is 4.57 Å². The molecule has 0 N–H and O–H groups in total. The summed E-state index contributed by atoms with van der Waals surface area (Å²) in [5.74, 6) is 0. The lowest BCUT2D eigenvalue weighted by molar-refractivity contribution is 0.570. The van der Waals surface area contributed by atoms with E-state index in [2.05, 4.69) is 41.0 Å². The Morgan fingerprint density at radius 2 is 1.29 bits per heavy atom. The molecule has 2 heterocycles. The molecule has 0 aliphatic heterocycles. The van der Waals surface area contributed by atoms with Crippen LogP contribution >= 0.6 is 0 Å². The zero-order chi connectivity index (χ0) is 18.7. The molecule has 0 spiro atoms. The minimum atomic E-state index is -0.305. The second-order valence-electron chi connectivity index (χ2n) is 6.99. The first kappa shape index (κ1) is 15.2. The Kier molecular flexibility index (Phi) is 3.03. The van der Waals surface area contributed by atoms with Gasteiger partial charge in [0, 0.05) is 27.2 Å². The first-order valence-corrected chi connectivity index (χ1v) is 9.25. The first-order valence-electron chi connectivity index (χ1n) is 9.25. The third-order valence-corrected chi connectivity index (χ3v) is 5.43. The van der Waals surface area contributed by atoms with Gasteiger partial charge in [-0.3, -0.25) is 0 Å². The Morgan fingerprint density at radius 3 is 2.14 bits per heavy atom. The van der Waals surface area contributed by atoms with Crippen molar-refractivity contribution in [2.45, 2.75) is 0 Å². The van der Waals surface area contributed by atoms with Crippen LogP contribution in [0.15, 0.2) is 100 Å². The van der Waals surface area contributed by atoms with Crippen molar-refractivity contribution in [2.75, 3.05) is 0 Å². The van der Waals surface area contributed by atoms with Gasteiger partial charge in [-0.2, -0.15) is 0 Å². The van der Waals surface area contributed by atoms with Gasteiger partial charge in [-0.25, -0.2) is 4.79 Å². The van der Waals surface area contributed by atoms with Gasteiger partial charge in [-0.05, 0) is 36.4 Å². The largest absolute Gasteiger partial charge is 0.422 e. The van der Waals surface area contributed by atoms with Crippen molar-refractivity contribution in [3.8, 4) is 5.69 Å². The highest BCUT2D eigenvalue weighted by Gasteiger charge is 2.15. The number of fused-ring (bicyclic) bond motifs is 6. The van der Waals surface area contributed by atoms with Gasteiger partial charge in [0.05, 0.1) is 16.4 Å². The Bertz CT molecular complexity index is 1570. The molecule has 0 bridgehead atoms. The molecular formula is C25H15NO2. The molecule has 0 saturated carbocycles. The van der Waals surface area contributed by atoms with Crippen molar-refractivity contribution < 1.29 is 4.42 Å². The molecule has 6 aromatic rings. The number of hydrogen-bond acceptors (Lipinski definition) is 2. The molecular weight excluding hydrogens is 346 g/mol. The van der Waals surface area contributed by atoms with E-state index in [1.54, 1.807) is 0 Å². The normalized spacial score (nSPS) is 11.7. The van der Waals surface area contributed by atoms with E-state index in [1.165, 1.54) is 5.39 Å². The van der Waals surface area contributed by atoms with Crippen LogP contribution in [0.3, 0.4) is 0 Å². The number of nitrogens with zero attached hydrogens (tertiary/aromatic N) is 1. The SMILES string of the molecule is O=c1oc2ccccc2c2cc3c4ccccc4n(-c4ccccc4)c3cc12. The van der Waals surface area contributed by atoms with Crippen molar-refractivity contribution in [2.24, 2.45) is 0 Å². The van der Waals surface area contributed by atoms with E-state index < -0.39 is 0 Å². The zero-order valence-electron chi connectivity index (χ0n) is 14.9. The molecule has 0 amide bonds. The molecule has 0 fully saturated rings. The predicted molar refractivity (Wildman–Crippen MR) is 114 cm³/mol. The van der Waals surface area contributed by atoms with Gasteiger partial charge in [0.15, 0.2) is 0 Å². The Hall–Kier alpha value is -3.85. The lowest BCUT2D eigenvalue weighted by atomic mass is 10.0. The molecule has 0 saturated heterocycles. The highest BCUT2D eigenvalue weighted by atomic mass is 16.4. The average molecular weight is 361 g/mol. The first-order chi connectivity index (χ1) is 13.8. The van der Waals surface area contributed by atoms with Gasteiger partial charge in [0.1, 0.15) is 5.58 Å². The lowest BCUT2D eigenvalue weighted by Gasteiger charge is -2.08. The second-order valence-corrected chi connectivity index (χ2v) is 6.99. The minimum Gasteiger partial charge on any atom is -0.422 e. The van der Waals surface area contributed by atoms with Crippen molar-refractivity contribution >= 4 is 43.5 Å². The van der Waals surface area contributed by atoms with Crippen LogP contribution in [0.2, 0.25) is 0 Å². The van der Waals surface area contributed by atoms with Crippen LogP contribution < -0.4 is 5.63 Å². The smallest absolute Gasteiger partial charge is 0.344 e. The summed E-state index contributed by atoms with van der Waals surface area (Å²) in [6.45, 7) is 0.